The van der Waals surface area contributed by atoms with Crippen molar-refractivity contribution in [2.24, 2.45) is 5.92 Å². The summed E-state index contributed by atoms with van der Waals surface area (Å²) in [6.07, 6.45) is 2.00. The van der Waals surface area contributed by atoms with Gasteiger partial charge in [-0.05, 0) is 49.1 Å². The second-order valence-corrected chi connectivity index (χ2v) is 9.68. The third kappa shape index (κ3) is 4.67. The number of thiophene rings is 1. The number of aromatic nitrogens is 5. The van der Waals surface area contributed by atoms with Crippen LogP contribution in [0.15, 0.2) is 34.2 Å². The molecule has 3 heterocycles. The van der Waals surface area contributed by atoms with Gasteiger partial charge in [0.25, 0.3) is 5.56 Å². The van der Waals surface area contributed by atoms with Gasteiger partial charge in [-0.3, -0.25) is 9.89 Å². The minimum absolute atomic E-state index is 0.0582. The third-order valence-electron chi connectivity index (χ3n) is 5.33. The van der Waals surface area contributed by atoms with E-state index in [1.165, 1.54) is 16.6 Å². The molecule has 0 aliphatic rings. The number of thioether (sulfide) groups is 1. The minimum atomic E-state index is -0.0582. The molecular weight excluding hydrogens is 430 g/mol. The van der Waals surface area contributed by atoms with Crippen molar-refractivity contribution in [1.82, 2.24) is 25.1 Å². The monoisotopic (exact) mass is 455 g/mol. The van der Waals surface area contributed by atoms with Crippen LogP contribution in [0.4, 0.5) is 0 Å². The number of methoxy groups -OCH3 is 1. The maximum atomic E-state index is 12.8. The average molecular weight is 456 g/mol. The number of H-pyrrole nitrogens is 2. The van der Waals surface area contributed by atoms with Gasteiger partial charge in [0, 0.05) is 10.4 Å². The molecule has 7 nitrogen and oxygen atoms in total. The molecular formula is C22H25N5O2S2. The molecule has 0 saturated heterocycles. The van der Waals surface area contributed by atoms with Gasteiger partial charge in [-0.15, -0.1) is 16.4 Å². The number of fused-ring (bicyclic) bond motifs is 1. The van der Waals surface area contributed by atoms with Crippen LogP contribution in [0.1, 0.15) is 36.5 Å². The molecule has 0 aliphatic carbocycles. The first-order valence-corrected chi connectivity index (χ1v) is 12.0. The molecule has 4 rings (SSSR count). The lowest BCUT2D eigenvalue weighted by molar-refractivity contribution is 0.415. The van der Waals surface area contributed by atoms with Gasteiger partial charge in [0.1, 0.15) is 16.4 Å². The van der Waals surface area contributed by atoms with E-state index >= 15 is 0 Å². The fourth-order valence-corrected chi connectivity index (χ4v) is 5.09. The Morgan fingerprint density at radius 1 is 1.23 bits per heavy atom. The van der Waals surface area contributed by atoms with Gasteiger partial charge in [-0.25, -0.2) is 9.97 Å². The summed E-state index contributed by atoms with van der Waals surface area (Å²) in [5, 5.41) is 8.58. The maximum absolute atomic E-state index is 12.8. The summed E-state index contributed by atoms with van der Waals surface area (Å²) in [5.41, 5.74) is 2.01. The van der Waals surface area contributed by atoms with Gasteiger partial charge in [0.15, 0.2) is 5.82 Å². The lowest BCUT2D eigenvalue weighted by atomic mass is 9.98. The second kappa shape index (κ2) is 9.23. The van der Waals surface area contributed by atoms with E-state index in [4.69, 9.17) is 9.72 Å². The Labute approximate surface area is 188 Å². The number of aryl methyl sites for hydroxylation is 1. The highest BCUT2D eigenvalue weighted by molar-refractivity contribution is 7.98. The average Bonchev–Trinajstić information content (AvgIpc) is 3.37. The first-order valence-electron chi connectivity index (χ1n) is 10.2. The number of rotatable bonds is 8. The summed E-state index contributed by atoms with van der Waals surface area (Å²) in [5.74, 6) is 3.14. The summed E-state index contributed by atoms with van der Waals surface area (Å²) in [6, 6.07) is 7.62. The molecule has 0 spiro atoms. The number of benzene rings is 1. The van der Waals surface area contributed by atoms with Crippen LogP contribution >= 0.6 is 23.1 Å². The van der Waals surface area contributed by atoms with Crippen molar-refractivity contribution in [3.05, 3.63) is 50.9 Å². The summed E-state index contributed by atoms with van der Waals surface area (Å²) in [7, 11) is 1.64. The lowest BCUT2D eigenvalue weighted by Gasteiger charge is -2.08. The first kappa shape index (κ1) is 21.6. The van der Waals surface area contributed by atoms with Crippen LogP contribution in [0.25, 0.3) is 21.6 Å². The van der Waals surface area contributed by atoms with E-state index in [0.717, 1.165) is 39.9 Å². The molecule has 162 valence electrons. The molecule has 1 aromatic carbocycles. The standard InChI is InChI=1S/C22H25N5O2S2/c1-5-12(2)10-16-13(3)31-21-18(16)20(28)23-17(24-21)11-30-22-25-19(26-27-22)14-6-8-15(29-4)9-7-14/h6-9,12H,5,10-11H2,1-4H3,(H,23,24,28)(H,25,26,27)/t12-/m0/s1. The summed E-state index contributed by atoms with van der Waals surface area (Å²) < 4.78 is 5.19. The first-order chi connectivity index (χ1) is 15.0. The molecule has 0 fully saturated rings. The molecule has 0 saturated carbocycles. The SMILES string of the molecule is CC[C@H](C)Cc1c(C)sc2nc(CSc3n[nH]c(-c4ccc(OC)cc4)n3)[nH]c(=O)c12. The molecule has 1 atom stereocenters. The Balaban J connectivity index is 1.50. The topological polar surface area (TPSA) is 96.5 Å². The van der Waals surface area contributed by atoms with Crippen LogP contribution < -0.4 is 10.3 Å². The van der Waals surface area contributed by atoms with E-state index in [0.29, 0.717) is 28.5 Å². The van der Waals surface area contributed by atoms with Gasteiger partial charge < -0.3 is 9.72 Å². The summed E-state index contributed by atoms with van der Waals surface area (Å²) >= 11 is 3.03. The third-order valence-corrected chi connectivity index (χ3v) is 7.23. The van der Waals surface area contributed by atoms with Crippen molar-refractivity contribution in [1.29, 1.82) is 0 Å². The minimum Gasteiger partial charge on any atom is -0.497 e. The summed E-state index contributed by atoms with van der Waals surface area (Å²) in [6.45, 7) is 6.47. The molecule has 0 unspecified atom stereocenters. The van der Waals surface area contributed by atoms with Crippen LogP contribution in [-0.4, -0.2) is 32.3 Å². The van der Waals surface area contributed by atoms with Gasteiger partial charge in [0.05, 0.1) is 18.2 Å². The number of nitrogens with zero attached hydrogens (tertiary/aromatic N) is 3. The fraction of sp³-hybridized carbons (Fsp3) is 0.364. The van der Waals surface area contributed by atoms with Crippen LogP contribution in [0, 0.1) is 12.8 Å². The molecule has 0 aliphatic heterocycles. The van der Waals surface area contributed by atoms with E-state index in [1.807, 2.05) is 24.3 Å². The molecule has 4 aromatic rings. The number of hydrogen-bond donors (Lipinski definition) is 2. The van der Waals surface area contributed by atoms with Crippen LogP contribution in [-0.2, 0) is 12.2 Å². The Morgan fingerprint density at radius 2 is 2.00 bits per heavy atom. The van der Waals surface area contributed by atoms with Crippen LogP contribution in [0.5, 0.6) is 5.75 Å². The highest BCUT2D eigenvalue weighted by atomic mass is 32.2. The van der Waals surface area contributed by atoms with E-state index < -0.39 is 0 Å². The van der Waals surface area contributed by atoms with Crippen molar-refractivity contribution in [3.8, 4) is 17.1 Å². The van der Waals surface area contributed by atoms with E-state index in [-0.39, 0.29) is 5.56 Å². The molecule has 0 bridgehead atoms. The highest BCUT2D eigenvalue weighted by Crippen LogP contribution is 2.30. The fourth-order valence-electron chi connectivity index (χ4n) is 3.35. The van der Waals surface area contributed by atoms with E-state index in [1.54, 1.807) is 18.4 Å². The molecule has 9 heteroatoms. The number of nitrogens with one attached hydrogen (secondary N) is 2. The number of aromatic amines is 2. The molecule has 0 amide bonds. The summed E-state index contributed by atoms with van der Waals surface area (Å²) in [4.78, 5) is 27.0. The van der Waals surface area contributed by atoms with Crippen molar-refractivity contribution in [3.63, 3.8) is 0 Å². The Kier molecular flexibility index (Phi) is 6.43. The van der Waals surface area contributed by atoms with Crippen LogP contribution in [0.3, 0.4) is 0 Å². The highest BCUT2D eigenvalue weighted by Gasteiger charge is 2.17. The Hall–Kier alpha value is -2.65. The van der Waals surface area contributed by atoms with Crippen molar-refractivity contribution >= 4 is 33.3 Å². The van der Waals surface area contributed by atoms with Gasteiger partial charge in [-0.2, -0.15) is 0 Å². The van der Waals surface area contributed by atoms with Gasteiger partial charge in [-0.1, -0.05) is 32.0 Å². The zero-order valence-corrected chi connectivity index (χ0v) is 19.6. The van der Waals surface area contributed by atoms with E-state index in [2.05, 4.69) is 40.9 Å². The maximum Gasteiger partial charge on any atom is 0.259 e. The molecule has 0 radical (unpaired) electrons. The smallest absolute Gasteiger partial charge is 0.259 e. The lowest BCUT2D eigenvalue weighted by Crippen LogP contribution is -2.12. The zero-order valence-electron chi connectivity index (χ0n) is 18.0. The number of hydrogen-bond acceptors (Lipinski definition) is 7. The predicted molar refractivity (Wildman–Crippen MR) is 126 cm³/mol. The Morgan fingerprint density at radius 3 is 2.71 bits per heavy atom. The predicted octanol–water partition coefficient (Wildman–Crippen LogP) is 4.97. The quantitative estimate of drug-likeness (QED) is 0.364. The van der Waals surface area contributed by atoms with Crippen molar-refractivity contribution < 1.29 is 4.74 Å². The van der Waals surface area contributed by atoms with Crippen molar-refractivity contribution in [2.45, 2.75) is 44.5 Å². The number of ether oxygens (including phenoxy) is 1. The molecule has 31 heavy (non-hydrogen) atoms. The molecule has 2 N–H and O–H groups in total. The second-order valence-electron chi connectivity index (χ2n) is 7.53. The molecule has 3 aromatic heterocycles. The normalized spacial score (nSPS) is 12.4. The van der Waals surface area contributed by atoms with Crippen LogP contribution in [0.2, 0.25) is 0 Å². The Bertz CT molecular complexity index is 1240. The zero-order chi connectivity index (χ0) is 22.0. The van der Waals surface area contributed by atoms with Gasteiger partial charge >= 0.3 is 0 Å². The largest absolute Gasteiger partial charge is 0.497 e. The van der Waals surface area contributed by atoms with Gasteiger partial charge in [0.2, 0.25) is 5.16 Å². The van der Waals surface area contributed by atoms with Crippen molar-refractivity contribution in [2.75, 3.05) is 7.11 Å². The van der Waals surface area contributed by atoms with E-state index in [9.17, 15) is 4.79 Å².